The van der Waals surface area contributed by atoms with Crippen molar-refractivity contribution in [3.63, 3.8) is 0 Å². The van der Waals surface area contributed by atoms with Crippen molar-refractivity contribution in [1.29, 1.82) is 0 Å². The van der Waals surface area contributed by atoms with Crippen LogP contribution in [0.25, 0.3) is 0 Å². The maximum Gasteiger partial charge on any atom is 0.327 e. The largest absolute Gasteiger partial charge is 0.465 e. The van der Waals surface area contributed by atoms with Gasteiger partial charge in [0, 0.05) is 0 Å². The van der Waals surface area contributed by atoms with Crippen LogP contribution in [0.4, 0.5) is 0 Å². The zero-order chi connectivity index (χ0) is 13.5. The Morgan fingerprint density at radius 3 is 1.71 bits per heavy atom. The van der Waals surface area contributed by atoms with E-state index in [-0.39, 0.29) is 13.2 Å². The predicted molar refractivity (Wildman–Crippen MR) is 65.4 cm³/mol. The Morgan fingerprint density at radius 1 is 1.06 bits per heavy atom. The lowest BCUT2D eigenvalue weighted by Crippen LogP contribution is -2.42. The van der Waals surface area contributed by atoms with Crippen LogP contribution in [-0.4, -0.2) is 25.2 Å². The van der Waals surface area contributed by atoms with Crippen LogP contribution in [0.1, 0.15) is 41.0 Å². The maximum absolute atomic E-state index is 12.0. The number of carbonyl (C=O) groups excluding carboxylic acids is 2. The summed E-state index contributed by atoms with van der Waals surface area (Å²) in [5.41, 5.74) is -0.627. The molecule has 0 heterocycles. The topological polar surface area (TPSA) is 52.6 Å². The van der Waals surface area contributed by atoms with Crippen molar-refractivity contribution in [3.8, 4) is 0 Å². The fraction of sp³-hybridized carbons (Fsp3) is 0.692. The first kappa shape index (κ1) is 15.7. The molecule has 0 spiro atoms. The second-order valence-corrected chi connectivity index (χ2v) is 3.67. The fourth-order valence-corrected chi connectivity index (χ4v) is 1.73. The Balaban J connectivity index is 5.45. The van der Waals surface area contributed by atoms with Crippen molar-refractivity contribution in [2.75, 3.05) is 13.2 Å². The molecule has 4 nitrogen and oxygen atoms in total. The Morgan fingerprint density at radius 2 is 1.47 bits per heavy atom. The Hall–Kier alpha value is -1.32. The summed E-state index contributed by atoms with van der Waals surface area (Å²) < 4.78 is 10.0. The molecular weight excluding hydrogens is 220 g/mol. The highest BCUT2D eigenvalue weighted by atomic mass is 16.6. The predicted octanol–water partition coefficient (Wildman–Crippen LogP) is 2.48. The molecule has 0 N–H and O–H groups in total. The van der Waals surface area contributed by atoms with E-state index in [9.17, 15) is 9.59 Å². The van der Waals surface area contributed by atoms with E-state index in [4.69, 9.17) is 9.47 Å². The summed E-state index contributed by atoms with van der Waals surface area (Å²) in [6.07, 6.45) is 2.08. The van der Waals surface area contributed by atoms with Gasteiger partial charge in [0.05, 0.1) is 13.2 Å². The van der Waals surface area contributed by atoms with Gasteiger partial charge >= 0.3 is 11.9 Å². The third kappa shape index (κ3) is 3.08. The molecule has 0 radical (unpaired) electrons. The van der Waals surface area contributed by atoms with Crippen LogP contribution in [0.5, 0.6) is 0 Å². The normalized spacial score (nSPS) is 12.2. The lowest BCUT2D eigenvalue weighted by atomic mass is 9.78. The van der Waals surface area contributed by atoms with Gasteiger partial charge in [-0.1, -0.05) is 13.0 Å². The van der Waals surface area contributed by atoms with Gasteiger partial charge < -0.3 is 9.47 Å². The molecule has 0 fully saturated rings. The lowest BCUT2D eigenvalue weighted by Gasteiger charge is -2.28. The lowest BCUT2D eigenvalue weighted by molar-refractivity contribution is -0.169. The van der Waals surface area contributed by atoms with Crippen LogP contribution in [-0.2, 0) is 19.1 Å². The third-order valence-corrected chi connectivity index (χ3v) is 2.88. The smallest absolute Gasteiger partial charge is 0.327 e. The quantitative estimate of drug-likeness (QED) is 0.408. The van der Waals surface area contributed by atoms with E-state index in [2.05, 4.69) is 0 Å². The van der Waals surface area contributed by atoms with Crippen LogP contribution in [0.2, 0.25) is 0 Å². The molecule has 0 aliphatic rings. The zero-order valence-electron chi connectivity index (χ0n) is 11.3. The van der Waals surface area contributed by atoms with Gasteiger partial charge in [-0.2, -0.15) is 0 Å². The summed E-state index contributed by atoms with van der Waals surface area (Å²) in [7, 11) is 0. The molecule has 17 heavy (non-hydrogen) atoms. The molecule has 0 bridgehead atoms. The number of allylic oxidation sites excluding steroid dienone is 1. The van der Waals surface area contributed by atoms with Crippen molar-refractivity contribution in [3.05, 3.63) is 11.6 Å². The summed E-state index contributed by atoms with van der Waals surface area (Å²) in [5, 5.41) is 0. The highest BCUT2D eigenvalue weighted by Crippen LogP contribution is 2.34. The van der Waals surface area contributed by atoms with Gasteiger partial charge in [0.25, 0.3) is 0 Å². The average molecular weight is 242 g/mol. The first-order valence-electron chi connectivity index (χ1n) is 5.98. The molecule has 0 atom stereocenters. The highest BCUT2D eigenvalue weighted by molar-refractivity contribution is 6.03. The standard InChI is InChI=1S/C13H22O4/c1-6-10(5)13(7-2,11(14)16-8-3)12(15)17-9-4/h6H,7-9H2,1-5H3. The van der Waals surface area contributed by atoms with Crippen molar-refractivity contribution in [2.45, 2.75) is 41.0 Å². The second-order valence-electron chi connectivity index (χ2n) is 3.67. The van der Waals surface area contributed by atoms with Crippen molar-refractivity contribution in [1.82, 2.24) is 0 Å². The average Bonchev–Trinajstić information content (AvgIpc) is 2.31. The fourth-order valence-electron chi connectivity index (χ4n) is 1.73. The van der Waals surface area contributed by atoms with E-state index >= 15 is 0 Å². The molecule has 0 aromatic carbocycles. The second kappa shape index (κ2) is 7.09. The minimum atomic E-state index is -1.29. The molecule has 0 aliphatic heterocycles. The first-order valence-corrected chi connectivity index (χ1v) is 5.98. The van der Waals surface area contributed by atoms with Crippen LogP contribution in [0, 0.1) is 5.41 Å². The van der Waals surface area contributed by atoms with Crippen LogP contribution in [0.3, 0.4) is 0 Å². The zero-order valence-corrected chi connectivity index (χ0v) is 11.3. The monoisotopic (exact) mass is 242 g/mol. The highest BCUT2D eigenvalue weighted by Gasteiger charge is 2.48. The molecule has 0 saturated heterocycles. The summed E-state index contributed by atoms with van der Waals surface area (Å²) in [5.74, 6) is -1.06. The molecule has 0 aliphatic carbocycles. The number of hydrogen-bond acceptors (Lipinski definition) is 4. The van der Waals surface area contributed by atoms with E-state index in [1.54, 1.807) is 40.7 Å². The maximum atomic E-state index is 12.0. The molecule has 0 rings (SSSR count). The van der Waals surface area contributed by atoms with E-state index in [0.717, 1.165) is 0 Å². The third-order valence-electron chi connectivity index (χ3n) is 2.88. The van der Waals surface area contributed by atoms with Gasteiger partial charge in [-0.25, -0.2) is 0 Å². The molecular formula is C13H22O4. The van der Waals surface area contributed by atoms with E-state index in [1.165, 1.54) is 0 Å². The van der Waals surface area contributed by atoms with Gasteiger partial charge in [-0.3, -0.25) is 9.59 Å². The molecule has 0 amide bonds. The number of ether oxygens (including phenoxy) is 2. The van der Waals surface area contributed by atoms with Crippen LogP contribution in [0.15, 0.2) is 11.6 Å². The van der Waals surface area contributed by atoms with Crippen LogP contribution >= 0.6 is 0 Å². The summed E-state index contributed by atoms with van der Waals surface area (Å²) in [6, 6.07) is 0. The van der Waals surface area contributed by atoms with Gasteiger partial charge in [-0.05, 0) is 39.7 Å². The van der Waals surface area contributed by atoms with Crippen molar-refractivity contribution in [2.24, 2.45) is 5.41 Å². The summed E-state index contributed by atoms with van der Waals surface area (Å²) >= 11 is 0. The van der Waals surface area contributed by atoms with E-state index in [0.29, 0.717) is 12.0 Å². The number of esters is 2. The molecule has 0 aromatic heterocycles. The van der Waals surface area contributed by atoms with E-state index < -0.39 is 17.4 Å². The Labute approximate surface area is 103 Å². The molecule has 4 heteroatoms. The first-order chi connectivity index (χ1) is 8.00. The molecule has 0 aromatic rings. The molecule has 0 saturated carbocycles. The summed E-state index contributed by atoms with van der Waals surface area (Å²) in [6.45, 7) is 9.24. The van der Waals surface area contributed by atoms with Gasteiger partial charge in [0.15, 0.2) is 5.41 Å². The van der Waals surface area contributed by atoms with Gasteiger partial charge in [0.1, 0.15) is 0 Å². The van der Waals surface area contributed by atoms with Gasteiger partial charge in [0.2, 0.25) is 0 Å². The van der Waals surface area contributed by atoms with E-state index in [1.807, 2.05) is 0 Å². The Bertz CT molecular complexity index is 287. The minimum Gasteiger partial charge on any atom is -0.465 e. The Kier molecular flexibility index (Phi) is 6.54. The number of rotatable bonds is 6. The molecule has 98 valence electrons. The number of carbonyl (C=O) groups is 2. The van der Waals surface area contributed by atoms with Crippen molar-refractivity contribution < 1.29 is 19.1 Å². The minimum absolute atomic E-state index is 0.247. The summed E-state index contributed by atoms with van der Waals surface area (Å²) in [4.78, 5) is 24.1. The van der Waals surface area contributed by atoms with Crippen molar-refractivity contribution >= 4 is 11.9 Å². The van der Waals surface area contributed by atoms with Crippen LogP contribution < -0.4 is 0 Å². The SMILES string of the molecule is CC=C(C)C(CC)(C(=O)OCC)C(=O)OCC. The molecule has 0 unspecified atom stereocenters. The van der Waals surface area contributed by atoms with Gasteiger partial charge in [-0.15, -0.1) is 0 Å². The number of hydrogen-bond donors (Lipinski definition) is 0.